The molecule has 2 aromatic carbocycles. The summed E-state index contributed by atoms with van der Waals surface area (Å²) in [5.74, 6) is 0.167. The number of halogens is 1. The summed E-state index contributed by atoms with van der Waals surface area (Å²) in [6.45, 7) is 0. The third kappa shape index (κ3) is 2.49. The average molecular weight is 343 g/mol. The zero-order chi connectivity index (χ0) is 18.1. The number of fused-ring (bicyclic) bond motifs is 1. The normalized spacial score (nSPS) is 10.7. The van der Waals surface area contributed by atoms with E-state index >= 15 is 0 Å². The molecule has 0 unspecified atom stereocenters. The van der Waals surface area contributed by atoms with Gasteiger partial charge in [0, 0.05) is 28.3 Å². The number of ether oxygens (including phenoxy) is 1. The first kappa shape index (κ1) is 15.9. The summed E-state index contributed by atoms with van der Waals surface area (Å²) in [5.41, 5.74) is 4.00. The molecule has 2 aromatic heterocycles. The summed E-state index contributed by atoms with van der Waals surface area (Å²) in [7, 11) is 1.54. The number of hydrogen-bond donors (Lipinski definition) is 1. The third-order valence-corrected chi connectivity index (χ3v) is 4.32. The Hall–Kier alpha value is -3.65. The van der Waals surface area contributed by atoms with Crippen LogP contribution in [0.3, 0.4) is 0 Å². The van der Waals surface area contributed by atoms with Crippen molar-refractivity contribution >= 4 is 11.0 Å². The molecule has 0 fully saturated rings. The Kier molecular flexibility index (Phi) is 3.86. The van der Waals surface area contributed by atoms with Crippen LogP contribution in [0.1, 0.15) is 5.56 Å². The number of methoxy groups -OCH3 is 1. The number of aromatic amines is 1. The standard InChI is InChI=1S/C21H14FN3O/c1-26-18-9-8-14(22)11-17(18)20-19(15-6-3-2-5-13(15)12-23)16-7-4-10-24-21(16)25-20/h2-11H,1H3,(H,24,25). The smallest absolute Gasteiger partial charge is 0.138 e. The van der Waals surface area contributed by atoms with E-state index in [9.17, 15) is 9.65 Å². The van der Waals surface area contributed by atoms with Gasteiger partial charge in [-0.15, -0.1) is 0 Å². The highest BCUT2D eigenvalue weighted by molar-refractivity contribution is 6.04. The number of aromatic nitrogens is 2. The summed E-state index contributed by atoms with van der Waals surface area (Å²) in [6, 6.07) is 17.7. The molecule has 1 N–H and O–H groups in total. The van der Waals surface area contributed by atoms with Gasteiger partial charge >= 0.3 is 0 Å². The summed E-state index contributed by atoms with van der Waals surface area (Å²) < 4.78 is 19.4. The highest BCUT2D eigenvalue weighted by atomic mass is 19.1. The van der Waals surface area contributed by atoms with Gasteiger partial charge in [-0.2, -0.15) is 5.26 Å². The number of rotatable bonds is 3. The van der Waals surface area contributed by atoms with E-state index in [0.717, 1.165) is 16.5 Å². The van der Waals surface area contributed by atoms with Crippen LogP contribution in [0, 0.1) is 17.1 Å². The van der Waals surface area contributed by atoms with Crippen molar-refractivity contribution in [2.75, 3.05) is 7.11 Å². The Labute approximate surface area is 149 Å². The topological polar surface area (TPSA) is 61.7 Å². The maximum absolute atomic E-state index is 14.0. The molecule has 4 aromatic rings. The lowest BCUT2D eigenvalue weighted by atomic mass is 9.95. The predicted octanol–water partition coefficient (Wildman–Crippen LogP) is 4.92. The SMILES string of the molecule is COc1ccc(F)cc1-c1[nH]c2ncccc2c1-c1ccccc1C#N. The van der Waals surface area contributed by atoms with Crippen molar-refractivity contribution in [3.05, 3.63) is 72.2 Å². The van der Waals surface area contributed by atoms with E-state index in [-0.39, 0.29) is 5.82 Å². The van der Waals surface area contributed by atoms with Crippen LogP contribution in [-0.2, 0) is 0 Å². The molecule has 0 aliphatic carbocycles. The van der Waals surface area contributed by atoms with Crippen molar-refractivity contribution in [3.63, 3.8) is 0 Å². The van der Waals surface area contributed by atoms with E-state index in [1.54, 1.807) is 25.4 Å². The zero-order valence-corrected chi connectivity index (χ0v) is 14.0. The van der Waals surface area contributed by atoms with E-state index in [0.29, 0.717) is 28.2 Å². The fourth-order valence-electron chi connectivity index (χ4n) is 3.18. The Morgan fingerprint density at radius 3 is 2.73 bits per heavy atom. The molecule has 26 heavy (non-hydrogen) atoms. The van der Waals surface area contributed by atoms with Gasteiger partial charge in [-0.1, -0.05) is 18.2 Å². The molecule has 2 heterocycles. The molecule has 0 bridgehead atoms. The molecule has 0 spiro atoms. The van der Waals surface area contributed by atoms with E-state index in [1.807, 2.05) is 30.3 Å². The molecule has 4 nitrogen and oxygen atoms in total. The van der Waals surface area contributed by atoms with Crippen molar-refractivity contribution < 1.29 is 9.13 Å². The van der Waals surface area contributed by atoms with Crippen LogP contribution < -0.4 is 4.74 Å². The maximum atomic E-state index is 14.0. The van der Waals surface area contributed by atoms with Crippen LogP contribution in [0.25, 0.3) is 33.4 Å². The first-order valence-corrected chi connectivity index (χ1v) is 8.03. The summed E-state index contributed by atoms with van der Waals surface area (Å²) in [6.07, 6.45) is 1.69. The van der Waals surface area contributed by atoms with Crippen molar-refractivity contribution in [2.24, 2.45) is 0 Å². The van der Waals surface area contributed by atoms with Gasteiger partial charge in [-0.05, 0) is 36.4 Å². The zero-order valence-electron chi connectivity index (χ0n) is 14.0. The largest absolute Gasteiger partial charge is 0.496 e. The van der Waals surface area contributed by atoms with E-state index in [2.05, 4.69) is 16.0 Å². The minimum atomic E-state index is -0.369. The maximum Gasteiger partial charge on any atom is 0.138 e. The summed E-state index contributed by atoms with van der Waals surface area (Å²) in [5, 5.41) is 10.4. The fourth-order valence-corrected chi connectivity index (χ4v) is 3.18. The Bertz CT molecular complexity index is 1160. The van der Waals surface area contributed by atoms with Gasteiger partial charge in [0.1, 0.15) is 17.2 Å². The molecule has 4 rings (SSSR count). The summed E-state index contributed by atoms with van der Waals surface area (Å²) >= 11 is 0. The molecular weight excluding hydrogens is 329 g/mol. The number of nitrogens with zero attached hydrogens (tertiary/aromatic N) is 2. The number of H-pyrrole nitrogens is 1. The van der Waals surface area contributed by atoms with Crippen molar-refractivity contribution in [2.45, 2.75) is 0 Å². The number of nitrogens with one attached hydrogen (secondary N) is 1. The monoisotopic (exact) mass is 343 g/mol. The van der Waals surface area contributed by atoms with E-state index in [4.69, 9.17) is 4.74 Å². The van der Waals surface area contributed by atoms with Crippen molar-refractivity contribution in [1.82, 2.24) is 9.97 Å². The molecule has 0 saturated heterocycles. The lowest BCUT2D eigenvalue weighted by molar-refractivity contribution is 0.415. The van der Waals surface area contributed by atoms with Crippen LogP contribution in [0.5, 0.6) is 5.75 Å². The Morgan fingerprint density at radius 1 is 1.08 bits per heavy atom. The van der Waals surface area contributed by atoms with Crippen molar-refractivity contribution in [1.29, 1.82) is 5.26 Å². The first-order valence-electron chi connectivity index (χ1n) is 8.03. The molecular formula is C21H14FN3O. The lowest BCUT2D eigenvalue weighted by Gasteiger charge is -2.11. The highest BCUT2D eigenvalue weighted by Crippen LogP contribution is 2.42. The molecule has 0 aliphatic rings. The fraction of sp³-hybridized carbons (Fsp3) is 0.0476. The Balaban J connectivity index is 2.12. The van der Waals surface area contributed by atoms with Gasteiger partial charge in [0.05, 0.1) is 24.4 Å². The van der Waals surface area contributed by atoms with Gasteiger partial charge in [0.2, 0.25) is 0 Å². The van der Waals surface area contributed by atoms with Gasteiger partial charge in [0.25, 0.3) is 0 Å². The minimum absolute atomic E-state index is 0.369. The quantitative estimate of drug-likeness (QED) is 0.574. The van der Waals surface area contributed by atoms with Crippen LogP contribution in [0.4, 0.5) is 4.39 Å². The number of benzene rings is 2. The molecule has 0 amide bonds. The predicted molar refractivity (Wildman–Crippen MR) is 98.2 cm³/mol. The van der Waals surface area contributed by atoms with Gasteiger partial charge in [0.15, 0.2) is 0 Å². The number of nitriles is 1. The van der Waals surface area contributed by atoms with Crippen LogP contribution in [0.15, 0.2) is 60.8 Å². The van der Waals surface area contributed by atoms with Gasteiger partial charge < -0.3 is 9.72 Å². The number of pyridine rings is 1. The second-order valence-corrected chi connectivity index (χ2v) is 5.78. The molecule has 0 saturated carbocycles. The van der Waals surface area contributed by atoms with E-state index in [1.165, 1.54) is 12.1 Å². The second kappa shape index (κ2) is 6.34. The highest BCUT2D eigenvalue weighted by Gasteiger charge is 2.20. The summed E-state index contributed by atoms with van der Waals surface area (Å²) in [4.78, 5) is 7.64. The average Bonchev–Trinajstić information content (AvgIpc) is 3.07. The van der Waals surface area contributed by atoms with Crippen LogP contribution >= 0.6 is 0 Å². The molecule has 5 heteroatoms. The van der Waals surface area contributed by atoms with Gasteiger partial charge in [-0.3, -0.25) is 0 Å². The molecule has 126 valence electrons. The van der Waals surface area contributed by atoms with Crippen LogP contribution in [0.2, 0.25) is 0 Å². The minimum Gasteiger partial charge on any atom is -0.496 e. The second-order valence-electron chi connectivity index (χ2n) is 5.78. The third-order valence-electron chi connectivity index (χ3n) is 4.32. The Morgan fingerprint density at radius 2 is 1.92 bits per heavy atom. The first-order chi connectivity index (χ1) is 12.7. The number of hydrogen-bond acceptors (Lipinski definition) is 3. The lowest BCUT2D eigenvalue weighted by Crippen LogP contribution is -1.92. The molecule has 0 aliphatic heterocycles. The van der Waals surface area contributed by atoms with Crippen LogP contribution in [-0.4, -0.2) is 17.1 Å². The molecule has 0 atom stereocenters. The van der Waals surface area contributed by atoms with E-state index < -0.39 is 0 Å². The molecule has 0 radical (unpaired) electrons. The van der Waals surface area contributed by atoms with Gasteiger partial charge in [-0.25, -0.2) is 9.37 Å². The van der Waals surface area contributed by atoms with Crippen molar-refractivity contribution in [3.8, 4) is 34.2 Å².